The van der Waals surface area contributed by atoms with Crippen molar-refractivity contribution in [2.75, 3.05) is 37.9 Å². The number of carbonyl (C=O) groups is 1. The number of hydrogen-bond donors (Lipinski definition) is 3. The molecule has 0 aliphatic carbocycles. The van der Waals surface area contributed by atoms with Gasteiger partial charge in [0.1, 0.15) is 5.82 Å². The van der Waals surface area contributed by atoms with E-state index in [4.69, 9.17) is 22.1 Å². The number of nitrogens with one attached hydrogen (secondary N) is 2. The van der Waals surface area contributed by atoms with Crippen molar-refractivity contribution in [1.29, 1.82) is 0 Å². The molecule has 8 nitrogen and oxygen atoms in total. The second-order valence-corrected chi connectivity index (χ2v) is 13.1. The summed E-state index contributed by atoms with van der Waals surface area (Å²) in [4.78, 5) is 13.6. The van der Waals surface area contributed by atoms with Crippen LogP contribution < -0.4 is 16.4 Å². The summed E-state index contributed by atoms with van der Waals surface area (Å²) in [6.07, 6.45) is 4.13. The van der Waals surface area contributed by atoms with E-state index in [-0.39, 0.29) is 30.3 Å². The summed E-state index contributed by atoms with van der Waals surface area (Å²) >= 11 is 6.11. The maximum absolute atomic E-state index is 15.1. The van der Waals surface area contributed by atoms with Crippen LogP contribution in [-0.2, 0) is 26.0 Å². The lowest BCUT2D eigenvalue weighted by Gasteiger charge is -2.40. The Balaban J connectivity index is 1.53. The number of anilines is 1. The van der Waals surface area contributed by atoms with Gasteiger partial charge in [0.15, 0.2) is 0 Å². The Labute approximate surface area is 241 Å². The molecule has 4 rings (SSSR count). The summed E-state index contributed by atoms with van der Waals surface area (Å²) in [5.74, 6) is -0.969. The van der Waals surface area contributed by atoms with Crippen molar-refractivity contribution in [3.05, 3.63) is 64.4 Å². The summed E-state index contributed by atoms with van der Waals surface area (Å²) in [7, 11) is -3.44. The number of rotatable bonds is 10. The van der Waals surface area contributed by atoms with E-state index in [2.05, 4.69) is 10.6 Å². The zero-order valence-electron chi connectivity index (χ0n) is 23.1. The number of piperazine rings is 1. The molecule has 0 spiro atoms. The molecule has 2 aliphatic heterocycles. The van der Waals surface area contributed by atoms with Gasteiger partial charge in [0, 0.05) is 60.6 Å². The van der Waals surface area contributed by atoms with E-state index in [1.165, 1.54) is 12.3 Å². The molecule has 0 saturated carbocycles. The van der Waals surface area contributed by atoms with Crippen molar-refractivity contribution in [3.63, 3.8) is 0 Å². The molecule has 40 heavy (non-hydrogen) atoms. The molecule has 11 heteroatoms. The van der Waals surface area contributed by atoms with Gasteiger partial charge < -0.3 is 21.1 Å². The van der Waals surface area contributed by atoms with Gasteiger partial charge in [-0.3, -0.25) is 4.79 Å². The molecule has 0 unspecified atom stereocenters. The second-order valence-electron chi connectivity index (χ2n) is 10.8. The number of sulfonamides is 1. The lowest BCUT2D eigenvalue weighted by molar-refractivity contribution is -0.118. The number of nitrogens with zero attached hydrogens (tertiary/aromatic N) is 1. The lowest BCUT2D eigenvalue weighted by Crippen LogP contribution is -2.58. The van der Waals surface area contributed by atoms with Gasteiger partial charge in [-0.2, -0.15) is 4.31 Å². The zero-order chi connectivity index (χ0) is 28.9. The maximum Gasteiger partial charge on any atom is 0.241 e. The zero-order valence-corrected chi connectivity index (χ0v) is 24.7. The monoisotopic (exact) mass is 594 g/mol. The fraction of sp³-hybridized carbons (Fsp3) is 0.552. The average molecular weight is 595 g/mol. The second kappa shape index (κ2) is 13.7. The van der Waals surface area contributed by atoms with Crippen LogP contribution in [0.2, 0.25) is 5.02 Å². The first-order valence-electron chi connectivity index (χ1n) is 14.0. The lowest BCUT2D eigenvalue weighted by atomic mass is 9.76. The summed E-state index contributed by atoms with van der Waals surface area (Å²) in [5, 5.41) is 6.80. The van der Waals surface area contributed by atoms with Gasteiger partial charge in [-0.1, -0.05) is 36.7 Å². The highest BCUT2D eigenvalue weighted by Gasteiger charge is 2.37. The van der Waals surface area contributed by atoms with E-state index >= 15 is 4.39 Å². The van der Waals surface area contributed by atoms with Gasteiger partial charge in [0.05, 0.1) is 12.3 Å². The highest BCUT2D eigenvalue weighted by molar-refractivity contribution is 7.88. The molecule has 0 aromatic heterocycles. The Bertz CT molecular complexity index is 1260. The molecule has 4 N–H and O–H groups in total. The van der Waals surface area contributed by atoms with Crippen LogP contribution in [0, 0.1) is 11.7 Å². The first kappa shape index (κ1) is 30.9. The Hall–Kier alpha value is -2.08. The number of hydrogen-bond acceptors (Lipinski definition) is 6. The molecular weight excluding hydrogens is 555 g/mol. The normalized spacial score (nSPS) is 22.5. The van der Waals surface area contributed by atoms with Crippen molar-refractivity contribution in [2.45, 2.75) is 63.1 Å². The van der Waals surface area contributed by atoms with E-state index in [0.29, 0.717) is 55.4 Å². The summed E-state index contributed by atoms with van der Waals surface area (Å²) < 4.78 is 47.4. The number of benzene rings is 2. The third-order valence-electron chi connectivity index (χ3n) is 8.16. The quantitative estimate of drug-likeness (QED) is 0.384. The van der Waals surface area contributed by atoms with Gasteiger partial charge in [-0.05, 0) is 67.9 Å². The molecule has 2 aliphatic rings. The Kier molecular flexibility index (Phi) is 10.6. The fourth-order valence-corrected chi connectivity index (χ4v) is 7.76. The van der Waals surface area contributed by atoms with Crippen LogP contribution in [0.25, 0.3) is 0 Å². The maximum atomic E-state index is 15.1. The SMILES string of the molecule is CC[C@@H]1CNC[C@H](CCc2c(F)cccc2NC(=O)[C@@H](N)[C@@H](c2ccc(Cl)cc2)C2CCOCC2)N1S(C)(=O)=O. The predicted octanol–water partition coefficient (Wildman–Crippen LogP) is 3.90. The highest BCUT2D eigenvalue weighted by Crippen LogP contribution is 2.35. The molecule has 0 bridgehead atoms. The van der Waals surface area contributed by atoms with Crippen LogP contribution in [0.3, 0.4) is 0 Å². The topological polar surface area (TPSA) is 114 Å². The standard InChI is InChI=1S/C29H40ClFN4O4S/c1-3-22-17-33-18-23(35(22)40(2,37)38)11-12-24-25(31)5-4-6-26(24)34-29(36)28(32)27(20-13-15-39-16-14-20)19-7-9-21(30)10-8-19/h4-10,20,22-23,27-28,33H,3,11-18,32H2,1-2H3,(H,34,36)/t22-,23+,27+,28+/m1/s1. The summed E-state index contributed by atoms with van der Waals surface area (Å²) in [6.45, 7) is 4.24. The number of carbonyl (C=O) groups excluding carboxylic acids is 1. The summed E-state index contributed by atoms with van der Waals surface area (Å²) in [5.41, 5.74) is 8.24. The van der Waals surface area contributed by atoms with Crippen LogP contribution in [0.5, 0.6) is 0 Å². The van der Waals surface area contributed by atoms with Gasteiger partial charge >= 0.3 is 0 Å². The van der Waals surface area contributed by atoms with Crippen LogP contribution in [0.1, 0.15) is 49.7 Å². The van der Waals surface area contributed by atoms with E-state index in [1.54, 1.807) is 28.6 Å². The minimum absolute atomic E-state index is 0.148. The van der Waals surface area contributed by atoms with Gasteiger partial charge in [-0.15, -0.1) is 0 Å². The van der Waals surface area contributed by atoms with Crippen molar-refractivity contribution < 1.29 is 22.3 Å². The fourth-order valence-electron chi connectivity index (χ4n) is 6.14. The van der Waals surface area contributed by atoms with E-state index < -0.39 is 27.8 Å². The average Bonchev–Trinajstić information content (AvgIpc) is 2.93. The van der Waals surface area contributed by atoms with Crippen LogP contribution in [-0.4, -0.2) is 69.3 Å². The Morgan fingerprint density at radius 3 is 2.50 bits per heavy atom. The molecular formula is C29H40ClFN4O4S. The Morgan fingerprint density at radius 1 is 1.18 bits per heavy atom. The smallest absolute Gasteiger partial charge is 0.241 e. The molecule has 2 aromatic carbocycles. The molecule has 2 fully saturated rings. The molecule has 2 saturated heterocycles. The van der Waals surface area contributed by atoms with Gasteiger partial charge in [0.25, 0.3) is 0 Å². The number of ether oxygens (including phenoxy) is 1. The molecule has 1 amide bonds. The van der Waals surface area contributed by atoms with E-state index in [1.807, 2.05) is 19.1 Å². The van der Waals surface area contributed by atoms with Crippen molar-refractivity contribution in [2.24, 2.45) is 11.7 Å². The number of nitrogens with two attached hydrogens (primary N) is 1. The predicted molar refractivity (Wildman–Crippen MR) is 156 cm³/mol. The molecule has 2 heterocycles. The van der Waals surface area contributed by atoms with E-state index in [9.17, 15) is 13.2 Å². The summed E-state index contributed by atoms with van der Waals surface area (Å²) in [6, 6.07) is 10.6. The largest absolute Gasteiger partial charge is 0.381 e. The highest BCUT2D eigenvalue weighted by atomic mass is 35.5. The van der Waals surface area contributed by atoms with Crippen molar-refractivity contribution >= 4 is 33.2 Å². The molecule has 2 aromatic rings. The third kappa shape index (κ3) is 7.40. The van der Waals surface area contributed by atoms with Crippen molar-refractivity contribution in [3.8, 4) is 0 Å². The van der Waals surface area contributed by atoms with Gasteiger partial charge in [-0.25, -0.2) is 12.8 Å². The van der Waals surface area contributed by atoms with Crippen LogP contribution >= 0.6 is 11.6 Å². The third-order valence-corrected chi connectivity index (χ3v) is 9.77. The van der Waals surface area contributed by atoms with Gasteiger partial charge in [0.2, 0.25) is 15.9 Å². The van der Waals surface area contributed by atoms with E-state index in [0.717, 1.165) is 18.4 Å². The molecule has 0 radical (unpaired) electrons. The molecule has 4 atom stereocenters. The first-order valence-corrected chi connectivity index (χ1v) is 16.2. The van der Waals surface area contributed by atoms with Crippen LogP contribution in [0.4, 0.5) is 10.1 Å². The van der Waals surface area contributed by atoms with Crippen LogP contribution in [0.15, 0.2) is 42.5 Å². The first-order chi connectivity index (χ1) is 19.1. The molecule has 220 valence electrons. The minimum atomic E-state index is -3.44. The number of amides is 1. The Morgan fingerprint density at radius 2 is 1.85 bits per heavy atom. The number of halogens is 2. The minimum Gasteiger partial charge on any atom is -0.381 e. The van der Waals surface area contributed by atoms with Crippen molar-refractivity contribution in [1.82, 2.24) is 9.62 Å².